The summed E-state index contributed by atoms with van der Waals surface area (Å²) in [5.41, 5.74) is 1.20. The van der Waals surface area contributed by atoms with E-state index in [0.717, 1.165) is 6.54 Å². The van der Waals surface area contributed by atoms with Crippen LogP contribution in [0.15, 0.2) is 10.3 Å². The standard InChI is InChI=1S/C8H14N3/c1-7-8-5-3-2-4-6-11(8)10-9-7/h8H,2-6H2,1H3/q+1. The van der Waals surface area contributed by atoms with Gasteiger partial charge in [0.05, 0.1) is 5.10 Å². The van der Waals surface area contributed by atoms with Crippen LogP contribution >= 0.6 is 0 Å². The summed E-state index contributed by atoms with van der Waals surface area (Å²) in [6.07, 6.45) is 5.22. The van der Waals surface area contributed by atoms with E-state index < -0.39 is 0 Å². The molecule has 0 saturated carbocycles. The Balaban J connectivity index is 2.15. The maximum Gasteiger partial charge on any atom is 0.200 e. The summed E-state index contributed by atoms with van der Waals surface area (Å²) < 4.78 is 2.14. The fourth-order valence-electron chi connectivity index (χ4n) is 1.82. The average Bonchev–Trinajstić information content (AvgIpc) is 2.25. The first-order chi connectivity index (χ1) is 5.38. The summed E-state index contributed by atoms with van der Waals surface area (Å²) in [6.45, 7) is 3.19. The largest absolute Gasteiger partial charge is 0.200 e. The molecule has 0 amide bonds. The molecule has 0 aromatic carbocycles. The zero-order chi connectivity index (χ0) is 7.68. The molecule has 2 rings (SSSR count). The zero-order valence-electron chi connectivity index (χ0n) is 6.95. The van der Waals surface area contributed by atoms with Crippen LogP contribution in [-0.2, 0) is 0 Å². The molecule has 2 aliphatic heterocycles. The van der Waals surface area contributed by atoms with Crippen molar-refractivity contribution in [2.75, 3.05) is 6.54 Å². The fourth-order valence-corrected chi connectivity index (χ4v) is 1.82. The average molecular weight is 152 g/mol. The number of rotatable bonds is 0. The summed E-state index contributed by atoms with van der Waals surface area (Å²) >= 11 is 0. The Labute approximate surface area is 66.8 Å². The molecule has 0 bridgehead atoms. The lowest BCUT2D eigenvalue weighted by Crippen LogP contribution is -2.26. The molecule has 2 heterocycles. The molecule has 60 valence electrons. The van der Waals surface area contributed by atoms with Gasteiger partial charge in [0.1, 0.15) is 11.8 Å². The molecule has 1 unspecified atom stereocenters. The predicted molar refractivity (Wildman–Crippen MR) is 42.9 cm³/mol. The van der Waals surface area contributed by atoms with Crippen molar-refractivity contribution in [3.63, 3.8) is 0 Å². The summed E-state index contributed by atoms with van der Waals surface area (Å²) in [5, 5.41) is 8.21. The lowest BCUT2D eigenvalue weighted by molar-refractivity contribution is -0.606. The van der Waals surface area contributed by atoms with E-state index in [2.05, 4.69) is 21.9 Å². The van der Waals surface area contributed by atoms with Crippen molar-refractivity contribution in [3.05, 3.63) is 0 Å². The quantitative estimate of drug-likeness (QED) is 0.473. The third-order valence-corrected chi connectivity index (χ3v) is 2.52. The first-order valence-electron chi connectivity index (χ1n) is 4.39. The van der Waals surface area contributed by atoms with Gasteiger partial charge in [-0.05, 0) is 25.7 Å². The summed E-state index contributed by atoms with van der Waals surface area (Å²) in [4.78, 5) is 0. The van der Waals surface area contributed by atoms with Gasteiger partial charge in [-0.15, -0.1) is 0 Å². The van der Waals surface area contributed by atoms with Crippen molar-refractivity contribution >= 4 is 5.71 Å². The molecule has 0 radical (unpaired) electrons. The van der Waals surface area contributed by atoms with Gasteiger partial charge in [0.2, 0.25) is 5.71 Å². The van der Waals surface area contributed by atoms with Gasteiger partial charge in [0, 0.05) is 6.92 Å². The molecule has 1 atom stereocenters. The van der Waals surface area contributed by atoms with Gasteiger partial charge in [0.15, 0.2) is 6.04 Å². The zero-order valence-corrected chi connectivity index (χ0v) is 6.95. The van der Waals surface area contributed by atoms with Crippen LogP contribution in [-0.4, -0.2) is 23.0 Å². The second-order valence-electron chi connectivity index (χ2n) is 3.36. The highest BCUT2D eigenvalue weighted by atomic mass is 15.5. The van der Waals surface area contributed by atoms with Crippen LogP contribution in [0.5, 0.6) is 0 Å². The first-order valence-corrected chi connectivity index (χ1v) is 4.39. The fraction of sp³-hybridized carbons (Fsp3) is 0.875. The second kappa shape index (κ2) is 2.72. The van der Waals surface area contributed by atoms with Crippen LogP contribution < -0.4 is 0 Å². The van der Waals surface area contributed by atoms with Crippen LogP contribution in [0, 0.1) is 0 Å². The SMILES string of the molecule is CC1=NN=[N+]2CCCCCC12. The van der Waals surface area contributed by atoms with Crippen molar-refractivity contribution < 1.29 is 4.70 Å². The van der Waals surface area contributed by atoms with Crippen molar-refractivity contribution in [1.29, 1.82) is 0 Å². The van der Waals surface area contributed by atoms with Gasteiger partial charge >= 0.3 is 0 Å². The Bertz CT molecular complexity index is 217. The van der Waals surface area contributed by atoms with E-state index in [1.807, 2.05) is 0 Å². The number of nitrogens with zero attached hydrogens (tertiary/aromatic N) is 3. The van der Waals surface area contributed by atoms with Gasteiger partial charge in [-0.3, -0.25) is 0 Å². The van der Waals surface area contributed by atoms with Crippen molar-refractivity contribution in [1.82, 2.24) is 0 Å². The second-order valence-corrected chi connectivity index (χ2v) is 3.36. The van der Waals surface area contributed by atoms with Gasteiger partial charge in [-0.2, -0.15) is 4.70 Å². The maximum atomic E-state index is 4.12. The molecule has 11 heavy (non-hydrogen) atoms. The third kappa shape index (κ3) is 1.19. The lowest BCUT2D eigenvalue weighted by atomic mass is 10.1. The number of fused-ring (bicyclic) bond motifs is 1. The molecule has 0 aromatic heterocycles. The van der Waals surface area contributed by atoms with E-state index in [4.69, 9.17) is 0 Å². The Morgan fingerprint density at radius 3 is 3.18 bits per heavy atom. The van der Waals surface area contributed by atoms with E-state index in [9.17, 15) is 0 Å². The summed E-state index contributed by atoms with van der Waals surface area (Å²) in [7, 11) is 0. The normalized spacial score (nSPS) is 30.5. The highest BCUT2D eigenvalue weighted by molar-refractivity contribution is 5.86. The van der Waals surface area contributed by atoms with E-state index in [1.54, 1.807) is 0 Å². The van der Waals surface area contributed by atoms with Gasteiger partial charge in [-0.25, -0.2) is 0 Å². The van der Waals surface area contributed by atoms with Crippen LogP contribution in [0.3, 0.4) is 0 Å². The lowest BCUT2D eigenvalue weighted by Gasteiger charge is -2.03. The Morgan fingerprint density at radius 2 is 2.27 bits per heavy atom. The van der Waals surface area contributed by atoms with Gasteiger partial charge in [-0.1, -0.05) is 0 Å². The van der Waals surface area contributed by atoms with E-state index >= 15 is 0 Å². The van der Waals surface area contributed by atoms with Gasteiger partial charge < -0.3 is 0 Å². The molecule has 0 aromatic rings. The molecular weight excluding hydrogens is 138 g/mol. The summed E-state index contributed by atoms with van der Waals surface area (Å²) in [5.74, 6) is 0. The first kappa shape index (κ1) is 6.95. The topological polar surface area (TPSA) is 27.7 Å². The van der Waals surface area contributed by atoms with Crippen LogP contribution in [0.1, 0.15) is 32.6 Å². The van der Waals surface area contributed by atoms with Crippen molar-refractivity contribution in [2.24, 2.45) is 10.3 Å². The molecule has 1 saturated heterocycles. The monoisotopic (exact) mass is 152 g/mol. The molecule has 0 N–H and O–H groups in total. The summed E-state index contributed by atoms with van der Waals surface area (Å²) in [6, 6.07) is 0.539. The third-order valence-electron chi connectivity index (χ3n) is 2.52. The highest BCUT2D eigenvalue weighted by Gasteiger charge is 2.31. The molecular formula is C8H14N3+. The van der Waals surface area contributed by atoms with Crippen molar-refractivity contribution in [3.8, 4) is 0 Å². The molecule has 1 fully saturated rings. The van der Waals surface area contributed by atoms with E-state index in [1.165, 1.54) is 31.4 Å². The maximum absolute atomic E-state index is 4.12. The molecule has 3 nitrogen and oxygen atoms in total. The van der Waals surface area contributed by atoms with Crippen LogP contribution in [0.2, 0.25) is 0 Å². The number of hydrogen-bond acceptors (Lipinski definition) is 2. The minimum Gasteiger partial charge on any atom is -0.154 e. The molecule has 2 aliphatic rings. The number of hydrogen-bond donors (Lipinski definition) is 0. The highest BCUT2D eigenvalue weighted by Crippen LogP contribution is 2.18. The Hall–Kier alpha value is -0.730. The van der Waals surface area contributed by atoms with Crippen molar-refractivity contribution in [2.45, 2.75) is 38.6 Å². The minimum atomic E-state index is 0.539. The van der Waals surface area contributed by atoms with E-state index in [0.29, 0.717) is 6.04 Å². The predicted octanol–water partition coefficient (Wildman–Crippen LogP) is 1.78. The molecule has 0 aliphatic carbocycles. The Kier molecular flexibility index (Phi) is 1.72. The minimum absolute atomic E-state index is 0.539. The van der Waals surface area contributed by atoms with E-state index in [-0.39, 0.29) is 0 Å². The van der Waals surface area contributed by atoms with Gasteiger partial charge in [0.25, 0.3) is 0 Å². The molecule has 3 heteroatoms. The van der Waals surface area contributed by atoms with Crippen LogP contribution in [0.25, 0.3) is 0 Å². The molecule has 0 spiro atoms. The van der Waals surface area contributed by atoms with Crippen LogP contribution in [0.4, 0.5) is 0 Å². The smallest absolute Gasteiger partial charge is 0.154 e. The Morgan fingerprint density at radius 1 is 1.36 bits per heavy atom.